The number of aromatic nitrogens is 3. The lowest BCUT2D eigenvalue weighted by Crippen LogP contribution is -2.30. The Balaban J connectivity index is 1.63. The Bertz CT molecular complexity index is 759. The third-order valence-electron chi connectivity index (χ3n) is 4.43. The molecule has 1 amide bonds. The average Bonchev–Trinajstić information content (AvgIpc) is 3.17. The zero-order chi connectivity index (χ0) is 17.3. The number of rotatable bonds is 4. The number of carbonyl (C=O) groups excluding carboxylic acids is 1. The molecule has 3 rings (SSSR count). The molecule has 0 aliphatic carbocycles. The number of ether oxygens (including phenoxy) is 1. The van der Waals surface area contributed by atoms with Gasteiger partial charge < -0.3 is 9.64 Å². The number of halogens is 1. The van der Waals surface area contributed by atoms with Gasteiger partial charge in [0.1, 0.15) is 5.82 Å². The predicted octanol–water partition coefficient (Wildman–Crippen LogP) is 1.98. The van der Waals surface area contributed by atoms with E-state index in [4.69, 9.17) is 4.74 Å². The summed E-state index contributed by atoms with van der Waals surface area (Å²) in [5.41, 5.74) is 1.62. The molecule has 0 spiro atoms. The molecule has 0 bridgehead atoms. The van der Waals surface area contributed by atoms with Crippen molar-refractivity contribution in [1.82, 2.24) is 19.7 Å². The summed E-state index contributed by atoms with van der Waals surface area (Å²) in [6, 6.07) is 5.65. The Morgan fingerprint density at radius 2 is 2.25 bits per heavy atom. The molecule has 0 radical (unpaired) electrons. The normalized spacial score (nSPS) is 17.3. The smallest absolute Gasteiger partial charge is 0.314 e. The number of hydrogen-bond donors (Lipinski definition) is 0. The van der Waals surface area contributed by atoms with E-state index in [-0.39, 0.29) is 17.5 Å². The molecule has 1 aromatic carbocycles. The van der Waals surface area contributed by atoms with Gasteiger partial charge in [0.25, 0.3) is 5.91 Å². The highest BCUT2D eigenvalue weighted by molar-refractivity contribution is 5.90. The van der Waals surface area contributed by atoms with Crippen LogP contribution in [0.2, 0.25) is 0 Å². The van der Waals surface area contributed by atoms with Gasteiger partial charge in [-0.25, -0.2) is 9.07 Å². The minimum atomic E-state index is -0.188. The summed E-state index contributed by atoms with van der Waals surface area (Å²) in [5.74, 6) is 0.104. The van der Waals surface area contributed by atoms with E-state index in [1.165, 1.54) is 11.8 Å². The van der Waals surface area contributed by atoms with Crippen molar-refractivity contribution in [2.45, 2.75) is 19.8 Å². The number of amides is 1. The Hall–Kier alpha value is -2.44. The van der Waals surface area contributed by atoms with Crippen LogP contribution in [0.25, 0.3) is 0 Å². The van der Waals surface area contributed by atoms with Crippen LogP contribution in [-0.4, -0.2) is 45.8 Å². The van der Waals surface area contributed by atoms with E-state index in [0.717, 1.165) is 18.4 Å². The monoisotopic (exact) mass is 332 g/mol. The Morgan fingerprint density at radius 1 is 1.46 bits per heavy atom. The first-order chi connectivity index (χ1) is 11.5. The molecule has 0 N–H and O–H groups in total. The first-order valence-electron chi connectivity index (χ1n) is 7.97. The first kappa shape index (κ1) is 16.4. The topological polar surface area (TPSA) is 60.2 Å². The molecule has 2 heterocycles. The van der Waals surface area contributed by atoms with Crippen LogP contribution in [0.5, 0.6) is 6.01 Å². The van der Waals surface area contributed by atoms with Crippen molar-refractivity contribution in [1.29, 1.82) is 0 Å². The summed E-state index contributed by atoms with van der Waals surface area (Å²) in [6.07, 6.45) is 1.66. The number of likely N-dealkylation sites (tertiary alicyclic amines) is 1. The number of methoxy groups -OCH3 is 1. The molecule has 1 aliphatic rings. The Morgan fingerprint density at radius 3 is 2.92 bits per heavy atom. The number of benzene rings is 1. The standard InChI is InChI=1S/C17H21FN4O2/c1-11-4-5-12(9-14(11)18)8-13-6-7-22(10-13)16(23)15-19-17(24-3)21(2)20-15/h4-5,9,13H,6-8,10H2,1-3H3. The molecular weight excluding hydrogens is 311 g/mol. The highest BCUT2D eigenvalue weighted by Gasteiger charge is 2.29. The van der Waals surface area contributed by atoms with Crippen molar-refractivity contribution >= 4 is 5.91 Å². The highest BCUT2D eigenvalue weighted by atomic mass is 19.1. The van der Waals surface area contributed by atoms with E-state index >= 15 is 0 Å². The quantitative estimate of drug-likeness (QED) is 0.859. The third kappa shape index (κ3) is 3.25. The first-order valence-corrected chi connectivity index (χ1v) is 7.97. The van der Waals surface area contributed by atoms with Gasteiger partial charge in [0.2, 0.25) is 5.82 Å². The fraction of sp³-hybridized carbons (Fsp3) is 0.471. The van der Waals surface area contributed by atoms with Gasteiger partial charge in [-0.3, -0.25) is 4.79 Å². The molecule has 0 saturated carbocycles. The van der Waals surface area contributed by atoms with Gasteiger partial charge in [0, 0.05) is 20.1 Å². The van der Waals surface area contributed by atoms with E-state index in [2.05, 4.69) is 10.1 Å². The van der Waals surface area contributed by atoms with Crippen molar-refractivity contribution < 1.29 is 13.9 Å². The lowest BCUT2D eigenvalue weighted by atomic mass is 9.98. The molecule has 7 heteroatoms. The average molecular weight is 332 g/mol. The largest absolute Gasteiger partial charge is 0.467 e. The highest BCUT2D eigenvalue weighted by Crippen LogP contribution is 2.23. The van der Waals surface area contributed by atoms with Gasteiger partial charge in [-0.1, -0.05) is 12.1 Å². The SMILES string of the molecule is COc1nc(C(=O)N2CCC(Cc3ccc(C)c(F)c3)C2)nn1C. The minimum Gasteiger partial charge on any atom is -0.467 e. The van der Waals surface area contributed by atoms with Crippen LogP contribution in [-0.2, 0) is 13.5 Å². The zero-order valence-corrected chi connectivity index (χ0v) is 14.1. The fourth-order valence-electron chi connectivity index (χ4n) is 3.06. The summed E-state index contributed by atoms with van der Waals surface area (Å²) >= 11 is 0. The van der Waals surface area contributed by atoms with Crippen molar-refractivity contribution in [2.75, 3.05) is 20.2 Å². The molecule has 1 saturated heterocycles. The summed E-state index contributed by atoms with van der Waals surface area (Å²) in [6.45, 7) is 3.05. The molecule has 6 nitrogen and oxygen atoms in total. The van der Waals surface area contributed by atoms with Crippen LogP contribution in [0.4, 0.5) is 4.39 Å². The second kappa shape index (κ2) is 6.59. The van der Waals surface area contributed by atoms with Gasteiger partial charge >= 0.3 is 6.01 Å². The molecule has 1 unspecified atom stereocenters. The van der Waals surface area contributed by atoms with Crippen molar-refractivity contribution in [3.05, 3.63) is 41.0 Å². The third-order valence-corrected chi connectivity index (χ3v) is 4.43. The van der Waals surface area contributed by atoms with E-state index in [0.29, 0.717) is 30.6 Å². The second-order valence-electron chi connectivity index (χ2n) is 6.24. The van der Waals surface area contributed by atoms with Crippen molar-refractivity contribution in [3.63, 3.8) is 0 Å². The predicted molar refractivity (Wildman–Crippen MR) is 86.4 cm³/mol. The number of carbonyl (C=O) groups is 1. The van der Waals surface area contributed by atoms with E-state index < -0.39 is 0 Å². The maximum atomic E-state index is 13.7. The zero-order valence-electron chi connectivity index (χ0n) is 14.1. The van der Waals surface area contributed by atoms with Gasteiger partial charge in [0.15, 0.2) is 0 Å². The van der Waals surface area contributed by atoms with Crippen molar-refractivity contribution in [2.24, 2.45) is 13.0 Å². The minimum absolute atomic E-state index is 0.149. The number of hydrogen-bond acceptors (Lipinski definition) is 4. The molecule has 2 aromatic rings. The molecule has 1 aliphatic heterocycles. The van der Waals surface area contributed by atoms with Crippen LogP contribution in [0, 0.1) is 18.7 Å². The summed E-state index contributed by atoms with van der Waals surface area (Å²) in [7, 11) is 3.17. The van der Waals surface area contributed by atoms with Crippen LogP contribution in [0.15, 0.2) is 18.2 Å². The van der Waals surface area contributed by atoms with Gasteiger partial charge in [-0.2, -0.15) is 4.98 Å². The Labute approximate surface area is 140 Å². The van der Waals surface area contributed by atoms with Crippen LogP contribution in [0.3, 0.4) is 0 Å². The van der Waals surface area contributed by atoms with Crippen LogP contribution >= 0.6 is 0 Å². The van der Waals surface area contributed by atoms with Crippen LogP contribution < -0.4 is 4.74 Å². The fourth-order valence-corrected chi connectivity index (χ4v) is 3.06. The summed E-state index contributed by atoms with van der Waals surface area (Å²) in [5, 5.41) is 4.10. The molecule has 1 atom stereocenters. The second-order valence-corrected chi connectivity index (χ2v) is 6.24. The van der Waals surface area contributed by atoms with Crippen molar-refractivity contribution in [3.8, 4) is 6.01 Å². The van der Waals surface area contributed by atoms with E-state index in [1.54, 1.807) is 31.0 Å². The molecule has 1 fully saturated rings. The van der Waals surface area contributed by atoms with Gasteiger partial charge in [-0.15, -0.1) is 5.10 Å². The number of aryl methyl sites for hydroxylation is 2. The molecule has 24 heavy (non-hydrogen) atoms. The maximum absolute atomic E-state index is 13.7. The summed E-state index contributed by atoms with van der Waals surface area (Å²) < 4.78 is 20.1. The Kier molecular flexibility index (Phi) is 4.51. The lowest BCUT2D eigenvalue weighted by Gasteiger charge is -2.14. The molecule has 1 aromatic heterocycles. The van der Waals surface area contributed by atoms with E-state index in [1.807, 2.05) is 6.07 Å². The van der Waals surface area contributed by atoms with E-state index in [9.17, 15) is 9.18 Å². The number of nitrogens with zero attached hydrogens (tertiary/aromatic N) is 4. The van der Waals surface area contributed by atoms with Gasteiger partial charge in [0.05, 0.1) is 7.11 Å². The van der Waals surface area contributed by atoms with Gasteiger partial charge in [-0.05, 0) is 42.9 Å². The molecular formula is C17H21FN4O2. The van der Waals surface area contributed by atoms with Crippen LogP contribution in [0.1, 0.15) is 28.2 Å². The summed E-state index contributed by atoms with van der Waals surface area (Å²) in [4.78, 5) is 18.3. The maximum Gasteiger partial charge on any atom is 0.314 e. The lowest BCUT2D eigenvalue weighted by molar-refractivity contribution is 0.0774. The molecule has 128 valence electrons.